The van der Waals surface area contributed by atoms with Crippen molar-refractivity contribution in [3.63, 3.8) is 0 Å². The molecular formula is C24H19N3O4. The standard InChI is InChI=1S/C24H19N3O4/c25-24(30)26-17-12-10-16(11-13-17)23(29)31-14-20(28)21-18-8-4-5-9-19(18)27-22(21)15-6-2-1-3-7-15/h1-13,27H,14H2,(H3,25,26,30). The second kappa shape index (κ2) is 8.54. The fourth-order valence-electron chi connectivity index (χ4n) is 3.37. The van der Waals surface area contributed by atoms with E-state index in [1.54, 1.807) is 0 Å². The molecule has 0 radical (unpaired) electrons. The molecule has 0 atom stereocenters. The number of primary amides is 1. The maximum atomic E-state index is 13.1. The molecular weight excluding hydrogens is 394 g/mol. The number of amides is 2. The quantitative estimate of drug-likeness (QED) is 0.322. The maximum absolute atomic E-state index is 13.1. The van der Waals surface area contributed by atoms with Crippen molar-refractivity contribution < 1.29 is 19.1 Å². The topological polar surface area (TPSA) is 114 Å². The Labute approximate surface area is 177 Å². The number of rotatable bonds is 6. The highest BCUT2D eigenvalue weighted by molar-refractivity contribution is 6.14. The highest BCUT2D eigenvalue weighted by Gasteiger charge is 2.21. The molecule has 0 saturated heterocycles. The number of Topliss-reactive ketones (excluding diaryl/α,β-unsaturated/α-hetero) is 1. The van der Waals surface area contributed by atoms with E-state index in [0.717, 1.165) is 16.5 Å². The van der Waals surface area contributed by atoms with Crippen LogP contribution in [0.15, 0.2) is 78.9 Å². The second-order valence-electron chi connectivity index (χ2n) is 6.85. The molecule has 0 fully saturated rings. The molecule has 0 aliphatic rings. The first-order valence-electron chi connectivity index (χ1n) is 9.56. The van der Waals surface area contributed by atoms with Crippen LogP contribution in [0.5, 0.6) is 0 Å². The number of nitrogens with one attached hydrogen (secondary N) is 2. The Morgan fingerprint density at radius 1 is 0.871 bits per heavy atom. The number of H-pyrrole nitrogens is 1. The predicted molar refractivity (Wildman–Crippen MR) is 118 cm³/mol. The van der Waals surface area contributed by atoms with Gasteiger partial charge in [-0.15, -0.1) is 0 Å². The van der Waals surface area contributed by atoms with Gasteiger partial charge in [0.05, 0.1) is 16.8 Å². The zero-order chi connectivity index (χ0) is 21.8. The number of carbonyl (C=O) groups is 3. The molecule has 31 heavy (non-hydrogen) atoms. The molecule has 0 unspecified atom stereocenters. The first kappa shape index (κ1) is 19.9. The first-order valence-corrected chi connectivity index (χ1v) is 9.56. The van der Waals surface area contributed by atoms with Crippen LogP contribution in [-0.2, 0) is 4.74 Å². The molecule has 2 amide bonds. The molecule has 7 heteroatoms. The largest absolute Gasteiger partial charge is 0.454 e. The van der Waals surface area contributed by atoms with Gasteiger partial charge in [-0.25, -0.2) is 9.59 Å². The van der Waals surface area contributed by atoms with Gasteiger partial charge < -0.3 is 20.8 Å². The summed E-state index contributed by atoms with van der Waals surface area (Å²) >= 11 is 0. The van der Waals surface area contributed by atoms with Crippen LogP contribution in [0.1, 0.15) is 20.7 Å². The van der Waals surface area contributed by atoms with Crippen LogP contribution < -0.4 is 11.1 Å². The van der Waals surface area contributed by atoms with E-state index in [9.17, 15) is 14.4 Å². The van der Waals surface area contributed by atoms with E-state index in [-0.39, 0.29) is 11.3 Å². The fourth-order valence-corrected chi connectivity index (χ4v) is 3.37. The van der Waals surface area contributed by atoms with Crippen LogP contribution >= 0.6 is 0 Å². The molecule has 3 aromatic carbocycles. The lowest BCUT2D eigenvalue weighted by atomic mass is 10.0. The van der Waals surface area contributed by atoms with Crippen molar-refractivity contribution >= 4 is 34.4 Å². The van der Waals surface area contributed by atoms with Gasteiger partial charge >= 0.3 is 12.0 Å². The van der Waals surface area contributed by atoms with Crippen molar-refractivity contribution in [3.8, 4) is 11.3 Å². The van der Waals surface area contributed by atoms with Gasteiger partial charge in [0.25, 0.3) is 0 Å². The predicted octanol–water partition coefficient (Wildman–Crippen LogP) is 4.37. The highest BCUT2D eigenvalue weighted by Crippen LogP contribution is 2.30. The average Bonchev–Trinajstić information content (AvgIpc) is 3.18. The lowest BCUT2D eigenvalue weighted by Gasteiger charge is -2.07. The zero-order valence-electron chi connectivity index (χ0n) is 16.4. The molecule has 0 aliphatic carbocycles. The van der Waals surface area contributed by atoms with E-state index in [0.29, 0.717) is 16.9 Å². The Bertz CT molecular complexity index is 1260. The van der Waals surface area contributed by atoms with Crippen LogP contribution in [0.3, 0.4) is 0 Å². The SMILES string of the molecule is NC(=O)Nc1ccc(C(=O)OCC(=O)c2c(-c3ccccc3)[nH]c3ccccc23)cc1. The van der Waals surface area contributed by atoms with Gasteiger partial charge in [0.2, 0.25) is 5.78 Å². The van der Waals surface area contributed by atoms with E-state index in [1.807, 2.05) is 54.6 Å². The summed E-state index contributed by atoms with van der Waals surface area (Å²) in [7, 11) is 0. The Morgan fingerprint density at radius 2 is 1.55 bits per heavy atom. The number of aromatic amines is 1. The van der Waals surface area contributed by atoms with E-state index in [2.05, 4.69) is 10.3 Å². The molecule has 7 nitrogen and oxygen atoms in total. The van der Waals surface area contributed by atoms with Crippen LogP contribution in [0, 0.1) is 0 Å². The number of urea groups is 1. The molecule has 1 aromatic heterocycles. The van der Waals surface area contributed by atoms with Crippen molar-refractivity contribution in [3.05, 3.63) is 90.0 Å². The number of aromatic nitrogens is 1. The van der Waals surface area contributed by atoms with Gasteiger partial charge in [-0.1, -0.05) is 48.5 Å². The fraction of sp³-hybridized carbons (Fsp3) is 0.0417. The monoisotopic (exact) mass is 413 g/mol. The lowest BCUT2D eigenvalue weighted by Crippen LogP contribution is -2.19. The number of nitrogens with two attached hydrogens (primary N) is 1. The number of ketones is 1. The minimum Gasteiger partial charge on any atom is -0.454 e. The summed E-state index contributed by atoms with van der Waals surface area (Å²) in [5.74, 6) is -0.947. The van der Waals surface area contributed by atoms with Crippen molar-refractivity contribution in [2.45, 2.75) is 0 Å². The van der Waals surface area contributed by atoms with Crippen molar-refractivity contribution in [1.82, 2.24) is 4.98 Å². The maximum Gasteiger partial charge on any atom is 0.338 e. The molecule has 1 heterocycles. The van der Waals surface area contributed by atoms with E-state index < -0.39 is 18.6 Å². The van der Waals surface area contributed by atoms with E-state index >= 15 is 0 Å². The molecule has 4 N–H and O–H groups in total. The number of fused-ring (bicyclic) bond motifs is 1. The molecule has 4 rings (SSSR count). The number of ether oxygens (including phenoxy) is 1. The molecule has 0 saturated carbocycles. The number of para-hydroxylation sites is 1. The third-order valence-corrected chi connectivity index (χ3v) is 4.77. The Balaban J connectivity index is 1.55. The van der Waals surface area contributed by atoms with Gasteiger partial charge in [0.1, 0.15) is 0 Å². The van der Waals surface area contributed by atoms with Crippen LogP contribution in [0.25, 0.3) is 22.2 Å². The number of carbonyl (C=O) groups excluding carboxylic acids is 3. The lowest BCUT2D eigenvalue weighted by molar-refractivity contribution is 0.0475. The van der Waals surface area contributed by atoms with Crippen molar-refractivity contribution in [1.29, 1.82) is 0 Å². The van der Waals surface area contributed by atoms with E-state index in [4.69, 9.17) is 10.5 Å². The summed E-state index contributed by atoms with van der Waals surface area (Å²) in [6, 6.07) is 22.3. The van der Waals surface area contributed by atoms with Gasteiger partial charge in [-0.3, -0.25) is 4.79 Å². The number of anilines is 1. The molecule has 4 aromatic rings. The Kier molecular flexibility index (Phi) is 5.49. The zero-order valence-corrected chi connectivity index (χ0v) is 16.4. The molecule has 0 bridgehead atoms. The van der Waals surface area contributed by atoms with Crippen LogP contribution in [-0.4, -0.2) is 29.4 Å². The summed E-state index contributed by atoms with van der Waals surface area (Å²) in [5.41, 5.74) is 8.63. The Morgan fingerprint density at radius 3 is 2.26 bits per heavy atom. The number of esters is 1. The van der Waals surface area contributed by atoms with Gasteiger partial charge in [-0.2, -0.15) is 0 Å². The van der Waals surface area contributed by atoms with Gasteiger partial charge in [0.15, 0.2) is 6.61 Å². The minimum absolute atomic E-state index is 0.255. The molecule has 0 spiro atoms. The summed E-state index contributed by atoms with van der Waals surface area (Å²) in [6.07, 6.45) is 0. The first-order chi connectivity index (χ1) is 15.0. The second-order valence-corrected chi connectivity index (χ2v) is 6.85. The van der Waals surface area contributed by atoms with E-state index in [1.165, 1.54) is 24.3 Å². The summed E-state index contributed by atoms with van der Waals surface area (Å²) in [5, 5.41) is 3.18. The van der Waals surface area contributed by atoms with Crippen molar-refractivity contribution in [2.24, 2.45) is 5.73 Å². The number of hydrogen-bond acceptors (Lipinski definition) is 4. The summed E-state index contributed by atoms with van der Waals surface area (Å²) in [4.78, 5) is 39.6. The third-order valence-electron chi connectivity index (χ3n) is 4.77. The summed E-state index contributed by atoms with van der Waals surface area (Å²) in [6.45, 7) is -0.401. The van der Waals surface area contributed by atoms with Gasteiger partial charge in [0, 0.05) is 16.6 Å². The Hall–Kier alpha value is -4.39. The van der Waals surface area contributed by atoms with Gasteiger partial charge in [-0.05, 0) is 35.9 Å². The normalized spacial score (nSPS) is 10.6. The third kappa shape index (κ3) is 4.30. The number of hydrogen-bond donors (Lipinski definition) is 3. The summed E-state index contributed by atoms with van der Waals surface area (Å²) < 4.78 is 5.26. The number of benzene rings is 3. The minimum atomic E-state index is -0.700. The van der Waals surface area contributed by atoms with Crippen LogP contribution in [0.2, 0.25) is 0 Å². The smallest absolute Gasteiger partial charge is 0.338 e. The highest BCUT2D eigenvalue weighted by atomic mass is 16.5. The average molecular weight is 413 g/mol. The van der Waals surface area contributed by atoms with Crippen molar-refractivity contribution in [2.75, 3.05) is 11.9 Å². The van der Waals surface area contributed by atoms with Crippen LogP contribution in [0.4, 0.5) is 10.5 Å². The molecule has 0 aliphatic heterocycles. The molecule has 154 valence electrons.